The normalized spacial score (nSPS) is 11.6. The van der Waals surface area contributed by atoms with Crippen molar-refractivity contribution < 1.29 is 8.42 Å². The minimum Gasteiger partial charge on any atom is -0.215 e. The number of hydrogen-bond acceptors (Lipinski definition) is 3. The molecular formula is C13H16N2O2S. The standard InChI is InChI=1S/C13H16N2O2S/c1-2-3-4-9-15-18(16,17)11-13-7-5-12(10-14)6-8-13/h2-3,5-8,15H,4,9,11H2,1H3/b3-2+. The third-order valence-electron chi connectivity index (χ3n) is 2.31. The number of nitriles is 1. The summed E-state index contributed by atoms with van der Waals surface area (Å²) >= 11 is 0. The lowest BCUT2D eigenvalue weighted by molar-refractivity contribution is 0.581. The number of benzene rings is 1. The van der Waals surface area contributed by atoms with Gasteiger partial charge in [-0.3, -0.25) is 0 Å². The van der Waals surface area contributed by atoms with Crippen LogP contribution in [-0.4, -0.2) is 15.0 Å². The molecule has 0 aliphatic rings. The van der Waals surface area contributed by atoms with Gasteiger partial charge in [0.15, 0.2) is 0 Å². The molecule has 1 aromatic carbocycles. The average Bonchev–Trinajstić information content (AvgIpc) is 2.35. The molecule has 0 saturated heterocycles. The van der Waals surface area contributed by atoms with Crippen LogP contribution in [-0.2, 0) is 15.8 Å². The van der Waals surface area contributed by atoms with Gasteiger partial charge >= 0.3 is 0 Å². The van der Waals surface area contributed by atoms with Crippen LogP contribution in [0.15, 0.2) is 36.4 Å². The Morgan fingerprint density at radius 3 is 2.56 bits per heavy atom. The van der Waals surface area contributed by atoms with E-state index in [1.54, 1.807) is 24.3 Å². The Morgan fingerprint density at radius 1 is 1.33 bits per heavy atom. The SMILES string of the molecule is C/C=C/CCNS(=O)(=O)Cc1ccc(C#N)cc1. The molecule has 0 radical (unpaired) electrons. The summed E-state index contributed by atoms with van der Waals surface area (Å²) in [6.07, 6.45) is 4.47. The van der Waals surface area contributed by atoms with E-state index in [-0.39, 0.29) is 5.75 Å². The molecule has 0 aliphatic heterocycles. The molecule has 1 rings (SSSR count). The third kappa shape index (κ3) is 5.13. The second-order valence-corrected chi connectivity index (χ2v) is 5.63. The van der Waals surface area contributed by atoms with Gasteiger partial charge in [0.1, 0.15) is 0 Å². The van der Waals surface area contributed by atoms with Gasteiger partial charge in [0.05, 0.1) is 17.4 Å². The number of nitrogens with one attached hydrogen (secondary N) is 1. The smallest absolute Gasteiger partial charge is 0.215 e. The highest BCUT2D eigenvalue weighted by molar-refractivity contribution is 7.88. The van der Waals surface area contributed by atoms with Crippen LogP contribution in [0.2, 0.25) is 0 Å². The third-order valence-corrected chi connectivity index (χ3v) is 3.67. The van der Waals surface area contributed by atoms with Crippen LogP contribution in [0.25, 0.3) is 0 Å². The molecule has 0 unspecified atom stereocenters. The van der Waals surface area contributed by atoms with E-state index in [0.29, 0.717) is 24.1 Å². The van der Waals surface area contributed by atoms with Crippen molar-refractivity contribution in [1.29, 1.82) is 5.26 Å². The van der Waals surface area contributed by atoms with Crippen LogP contribution in [0.3, 0.4) is 0 Å². The summed E-state index contributed by atoms with van der Waals surface area (Å²) in [5, 5.41) is 8.64. The van der Waals surface area contributed by atoms with Crippen molar-refractivity contribution in [3.8, 4) is 6.07 Å². The van der Waals surface area contributed by atoms with Gasteiger partial charge in [-0.15, -0.1) is 0 Å². The van der Waals surface area contributed by atoms with E-state index in [1.807, 2.05) is 25.1 Å². The topological polar surface area (TPSA) is 70.0 Å². The highest BCUT2D eigenvalue weighted by atomic mass is 32.2. The van der Waals surface area contributed by atoms with Crippen molar-refractivity contribution in [1.82, 2.24) is 4.72 Å². The Kier molecular flexibility index (Phi) is 5.56. The van der Waals surface area contributed by atoms with Gasteiger partial charge in [-0.2, -0.15) is 5.26 Å². The summed E-state index contributed by atoms with van der Waals surface area (Å²) in [6.45, 7) is 2.30. The van der Waals surface area contributed by atoms with Crippen LogP contribution in [0.1, 0.15) is 24.5 Å². The highest BCUT2D eigenvalue weighted by Gasteiger charge is 2.10. The minimum absolute atomic E-state index is 0.0610. The van der Waals surface area contributed by atoms with Gasteiger partial charge in [0.25, 0.3) is 0 Å². The molecule has 0 saturated carbocycles. The fourth-order valence-corrected chi connectivity index (χ4v) is 2.57. The van der Waals surface area contributed by atoms with E-state index in [1.165, 1.54) is 0 Å². The summed E-state index contributed by atoms with van der Waals surface area (Å²) in [5.41, 5.74) is 1.20. The molecular weight excluding hydrogens is 248 g/mol. The van der Waals surface area contributed by atoms with Crippen molar-refractivity contribution in [3.05, 3.63) is 47.5 Å². The first kappa shape index (κ1) is 14.4. The zero-order chi connectivity index (χ0) is 13.4. The average molecular weight is 264 g/mol. The fourth-order valence-electron chi connectivity index (χ4n) is 1.41. The molecule has 0 fully saturated rings. The van der Waals surface area contributed by atoms with E-state index in [2.05, 4.69) is 4.72 Å². The number of allylic oxidation sites excluding steroid dienone is 1. The fraction of sp³-hybridized carbons (Fsp3) is 0.308. The molecule has 1 N–H and O–H groups in total. The second-order valence-electron chi connectivity index (χ2n) is 3.82. The monoisotopic (exact) mass is 264 g/mol. The largest absolute Gasteiger partial charge is 0.215 e. The van der Waals surface area contributed by atoms with Crippen LogP contribution < -0.4 is 4.72 Å². The van der Waals surface area contributed by atoms with Crippen molar-refractivity contribution in [2.45, 2.75) is 19.1 Å². The summed E-state index contributed by atoms with van der Waals surface area (Å²) < 4.78 is 26.0. The molecule has 0 spiro atoms. The molecule has 96 valence electrons. The first-order valence-electron chi connectivity index (χ1n) is 5.65. The van der Waals surface area contributed by atoms with Crippen LogP contribution in [0.5, 0.6) is 0 Å². The molecule has 4 nitrogen and oxygen atoms in total. The Hall–Kier alpha value is -1.64. The van der Waals surface area contributed by atoms with Gasteiger partial charge in [-0.25, -0.2) is 13.1 Å². The minimum atomic E-state index is -3.30. The predicted octanol–water partition coefficient (Wildman–Crippen LogP) is 1.94. The zero-order valence-corrected chi connectivity index (χ0v) is 11.1. The maximum Gasteiger partial charge on any atom is 0.215 e. The van der Waals surface area contributed by atoms with E-state index >= 15 is 0 Å². The zero-order valence-electron chi connectivity index (χ0n) is 10.3. The first-order chi connectivity index (χ1) is 8.57. The number of nitrogens with zero attached hydrogens (tertiary/aromatic N) is 1. The summed E-state index contributed by atoms with van der Waals surface area (Å²) in [5.74, 6) is -0.0610. The Bertz CT molecular complexity index is 539. The van der Waals surface area contributed by atoms with Crippen LogP contribution in [0, 0.1) is 11.3 Å². The first-order valence-corrected chi connectivity index (χ1v) is 7.30. The van der Waals surface area contributed by atoms with E-state index in [0.717, 1.165) is 0 Å². The van der Waals surface area contributed by atoms with Crippen molar-refractivity contribution in [2.75, 3.05) is 6.54 Å². The van der Waals surface area contributed by atoms with Crippen molar-refractivity contribution in [3.63, 3.8) is 0 Å². The molecule has 0 heterocycles. The molecule has 0 amide bonds. The van der Waals surface area contributed by atoms with Crippen molar-refractivity contribution in [2.24, 2.45) is 0 Å². The lowest BCUT2D eigenvalue weighted by atomic mass is 10.2. The van der Waals surface area contributed by atoms with Gasteiger partial charge in [-0.05, 0) is 31.0 Å². The summed E-state index contributed by atoms with van der Waals surface area (Å²) in [7, 11) is -3.30. The van der Waals surface area contributed by atoms with Gasteiger partial charge in [0, 0.05) is 6.54 Å². The van der Waals surface area contributed by atoms with E-state index in [9.17, 15) is 8.42 Å². The van der Waals surface area contributed by atoms with E-state index < -0.39 is 10.0 Å². The Morgan fingerprint density at radius 2 is 2.00 bits per heavy atom. The maximum absolute atomic E-state index is 11.7. The maximum atomic E-state index is 11.7. The molecule has 0 aliphatic carbocycles. The number of sulfonamides is 1. The van der Waals surface area contributed by atoms with Gasteiger partial charge < -0.3 is 0 Å². The molecule has 1 aromatic rings. The number of rotatable bonds is 6. The van der Waals surface area contributed by atoms with E-state index in [4.69, 9.17) is 5.26 Å². The molecule has 18 heavy (non-hydrogen) atoms. The Labute approximate surface area is 108 Å². The summed E-state index contributed by atoms with van der Waals surface area (Å²) in [4.78, 5) is 0. The molecule has 0 aromatic heterocycles. The predicted molar refractivity (Wildman–Crippen MR) is 71.2 cm³/mol. The highest BCUT2D eigenvalue weighted by Crippen LogP contribution is 2.07. The molecule has 0 bridgehead atoms. The second kappa shape index (κ2) is 6.94. The van der Waals surface area contributed by atoms with Crippen LogP contribution in [0.4, 0.5) is 0 Å². The molecule has 5 heteroatoms. The lowest BCUT2D eigenvalue weighted by Gasteiger charge is -2.05. The summed E-state index contributed by atoms with van der Waals surface area (Å²) in [6, 6.07) is 8.54. The molecule has 0 atom stereocenters. The quantitative estimate of drug-likeness (QED) is 0.630. The Balaban J connectivity index is 2.56. The lowest BCUT2D eigenvalue weighted by Crippen LogP contribution is -2.25. The van der Waals surface area contributed by atoms with Gasteiger partial charge in [-0.1, -0.05) is 24.3 Å². The number of hydrogen-bond donors (Lipinski definition) is 1. The van der Waals surface area contributed by atoms with Gasteiger partial charge in [0.2, 0.25) is 10.0 Å². The van der Waals surface area contributed by atoms with Crippen molar-refractivity contribution >= 4 is 10.0 Å². The van der Waals surface area contributed by atoms with Crippen LogP contribution >= 0.6 is 0 Å².